The molecule has 6 aromatic rings. The molecule has 1 aliphatic rings. The molecule has 37 heavy (non-hydrogen) atoms. The van der Waals surface area contributed by atoms with Crippen molar-refractivity contribution in [1.82, 2.24) is 19.2 Å². The Morgan fingerprint density at radius 3 is 2.62 bits per heavy atom. The molecule has 8 heteroatoms. The minimum absolute atomic E-state index is 0.0534. The molecule has 0 bridgehead atoms. The first-order valence-corrected chi connectivity index (χ1v) is 14.0. The number of rotatable bonds is 4. The fourth-order valence-corrected chi connectivity index (χ4v) is 7.24. The highest BCUT2D eigenvalue weighted by Crippen LogP contribution is 2.39. The van der Waals surface area contributed by atoms with Gasteiger partial charge in [0.1, 0.15) is 4.83 Å². The molecule has 0 unspecified atom stereocenters. The summed E-state index contributed by atoms with van der Waals surface area (Å²) in [4.78, 5) is 16.0. The molecule has 0 N–H and O–H groups in total. The van der Waals surface area contributed by atoms with Crippen LogP contribution in [0.2, 0.25) is 0 Å². The molecule has 4 heterocycles. The molecule has 3 aromatic carbocycles. The maximum absolute atomic E-state index is 14.0. The van der Waals surface area contributed by atoms with Crippen LogP contribution in [0.5, 0.6) is 0 Å². The van der Waals surface area contributed by atoms with Gasteiger partial charge in [-0.25, -0.2) is 8.97 Å². The van der Waals surface area contributed by atoms with Crippen LogP contribution in [-0.4, -0.2) is 24.8 Å². The zero-order valence-corrected chi connectivity index (χ0v) is 22.1. The van der Waals surface area contributed by atoms with E-state index < -0.39 is 0 Å². The second-order valence-corrected chi connectivity index (χ2v) is 12.0. The molecule has 0 saturated carbocycles. The van der Waals surface area contributed by atoms with Crippen LogP contribution in [0.15, 0.2) is 82.7 Å². The summed E-state index contributed by atoms with van der Waals surface area (Å²) in [7, 11) is 0. The summed E-state index contributed by atoms with van der Waals surface area (Å²) in [5, 5.41) is 13.1. The smallest absolute Gasteiger partial charge is 0.268 e. The molecule has 0 fully saturated rings. The Morgan fingerprint density at radius 2 is 1.78 bits per heavy atom. The van der Waals surface area contributed by atoms with E-state index in [9.17, 15) is 4.79 Å². The predicted molar refractivity (Wildman–Crippen MR) is 150 cm³/mol. The average molecular weight is 525 g/mol. The first-order chi connectivity index (χ1) is 18.0. The van der Waals surface area contributed by atoms with Gasteiger partial charge in [-0.15, -0.1) is 21.5 Å². The van der Waals surface area contributed by atoms with Gasteiger partial charge in [-0.3, -0.25) is 4.79 Å². The number of para-hydroxylation sites is 1. The van der Waals surface area contributed by atoms with Gasteiger partial charge >= 0.3 is 0 Å². The predicted octanol–water partition coefficient (Wildman–Crippen LogP) is 6.39. The van der Waals surface area contributed by atoms with E-state index in [2.05, 4.69) is 70.9 Å². The summed E-state index contributed by atoms with van der Waals surface area (Å²) in [6.07, 6.45) is 0.694. The van der Waals surface area contributed by atoms with Gasteiger partial charge < -0.3 is 4.74 Å². The summed E-state index contributed by atoms with van der Waals surface area (Å²) in [6.45, 7) is 4.67. The van der Waals surface area contributed by atoms with E-state index in [1.54, 1.807) is 27.7 Å². The fourth-order valence-electron chi connectivity index (χ4n) is 5.08. The minimum Gasteiger partial charge on any atom is -0.370 e. The van der Waals surface area contributed by atoms with Crippen molar-refractivity contribution in [2.45, 2.75) is 43.4 Å². The van der Waals surface area contributed by atoms with Gasteiger partial charge in [0.15, 0.2) is 5.16 Å². The lowest BCUT2D eigenvalue weighted by Crippen LogP contribution is -2.32. The molecule has 184 valence electrons. The molecule has 0 radical (unpaired) electrons. The van der Waals surface area contributed by atoms with Gasteiger partial charge in [0.05, 0.1) is 23.3 Å². The molecule has 7 rings (SSSR count). The van der Waals surface area contributed by atoms with E-state index >= 15 is 0 Å². The number of nitrogens with zero attached hydrogens (tertiary/aromatic N) is 4. The summed E-state index contributed by atoms with van der Waals surface area (Å²) in [5.41, 5.74) is 2.72. The molecule has 0 saturated heterocycles. The highest BCUT2D eigenvalue weighted by molar-refractivity contribution is 7.98. The molecular formula is C29H24N4O2S2. The molecule has 1 aliphatic heterocycles. The summed E-state index contributed by atoms with van der Waals surface area (Å²) in [5.74, 6) is 1.28. The van der Waals surface area contributed by atoms with Crippen LogP contribution in [0.1, 0.15) is 29.9 Å². The van der Waals surface area contributed by atoms with E-state index in [4.69, 9.17) is 4.74 Å². The van der Waals surface area contributed by atoms with Crippen molar-refractivity contribution in [2.24, 2.45) is 0 Å². The minimum atomic E-state index is -0.319. The van der Waals surface area contributed by atoms with E-state index in [1.165, 1.54) is 16.3 Å². The van der Waals surface area contributed by atoms with Gasteiger partial charge in [0.2, 0.25) is 5.78 Å². The second-order valence-electron chi connectivity index (χ2n) is 9.97. The number of thioether (sulfide) groups is 1. The number of benzene rings is 3. The normalized spacial score (nSPS) is 15.0. The first-order valence-electron chi connectivity index (χ1n) is 12.2. The quantitative estimate of drug-likeness (QED) is 0.250. The third-order valence-corrected chi connectivity index (χ3v) is 9.09. The van der Waals surface area contributed by atoms with Crippen LogP contribution in [0.25, 0.3) is 32.5 Å². The first kappa shape index (κ1) is 22.7. The Morgan fingerprint density at radius 1 is 1.00 bits per heavy atom. The lowest BCUT2D eigenvalue weighted by Gasteiger charge is -2.29. The van der Waals surface area contributed by atoms with Crippen LogP contribution < -0.4 is 5.56 Å². The maximum Gasteiger partial charge on any atom is 0.268 e. The van der Waals surface area contributed by atoms with Crippen molar-refractivity contribution in [1.29, 1.82) is 0 Å². The SMILES string of the molecule is CC1(C)Cc2c(sc3c2c(=O)n(-c2ccccc2)c2nnc(SCc4ccc5ccccc5c4)n32)CO1. The lowest BCUT2D eigenvalue weighted by atomic mass is 9.94. The Bertz CT molecular complexity index is 1870. The zero-order valence-electron chi connectivity index (χ0n) is 20.5. The van der Waals surface area contributed by atoms with Crippen LogP contribution in [-0.2, 0) is 23.5 Å². The molecule has 0 spiro atoms. The number of hydrogen-bond acceptors (Lipinski definition) is 6. The van der Waals surface area contributed by atoms with Gasteiger partial charge in [-0.2, -0.15) is 0 Å². The topological polar surface area (TPSA) is 61.4 Å². The standard InChI is InChI=1S/C29H24N4O2S2/c1-29(2)15-22-23(16-35-29)37-26-24(22)25(34)32(21-10-4-3-5-11-21)27-30-31-28(33(26)27)36-17-18-12-13-19-8-6-7-9-20(19)14-18/h3-14H,15-17H2,1-2H3. The highest BCUT2D eigenvalue weighted by atomic mass is 32.2. The second kappa shape index (κ2) is 8.55. The molecule has 0 aliphatic carbocycles. The molecule has 0 atom stereocenters. The van der Waals surface area contributed by atoms with Crippen LogP contribution >= 0.6 is 23.1 Å². The van der Waals surface area contributed by atoms with Crippen LogP contribution in [0, 0.1) is 0 Å². The van der Waals surface area contributed by atoms with E-state index in [-0.39, 0.29) is 11.2 Å². The Balaban J connectivity index is 1.41. The Hall–Kier alpha value is -3.46. The maximum atomic E-state index is 14.0. The molecule has 3 aromatic heterocycles. The van der Waals surface area contributed by atoms with Crippen LogP contribution in [0.3, 0.4) is 0 Å². The van der Waals surface area contributed by atoms with Crippen molar-refractivity contribution < 1.29 is 4.74 Å². The van der Waals surface area contributed by atoms with Gasteiger partial charge in [0, 0.05) is 17.1 Å². The number of aromatic nitrogens is 4. The van der Waals surface area contributed by atoms with Crippen molar-refractivity contribution in [3.8, 4) is 5.69 Å². The summed E-state index contributed by atoms with van der Waals surface area (Å²) >= 11 is 3.26. The molecule has 6 nitrogen and oxygen atoms in total. The van der Waals surface area contributed by atoms with Crippen molar-refractivity contribution >= 4 is 49.9 Å². The summed E-state index contributed by atoms with van der Waals surface area (Å²) in [6, 6.07) is 24.6. The molecular weight excluding hydrogens is 500 g/mol. The zero-order chi connectivity index (χ0) is 25.1. The number of ether oxygens (including phenoxy) is 1. The van der Waals surface area contributed by atoms with E-state index in [1.807, 2.05) is 30.3 Å². The largest absolute Gasteiger partial charge is 0.370 e. The number of hydrogen-bond donors (Lipinski definition) is 0. The Labute approximate surface area is 221 Å². The van der Waals surface area contributed by atoms with Crippen molar-refractivity contribution in [2.75, 3.05) is 0 Å². The monoisotopic (exact) mass is 524 g/mol. The van der Waals surface area contributed by atoms with Gasteiger partial charge in [-0.1, -0.05) is 72.4 Å². The Kier molecular flexibility index (Phi) is 5.25. The number of fused-ring (bicyclic) bond motifs is 6. The van der Waals surface area contributed by atoms with E-state index in [0.29, 0.717) is 18.8 Å². The molecule has 0 amide bonds. The third kappa shape index (κ3) is 3.79. The van der Waals surface area contributed by atoms with Crippen molar-refractivity contribution in [3.05, 3.63) is 99.2 Å². The van der Waals surface area contributed by atoms with Crippen LogP contribution in [0.4, 0.5) is 0 Å². The average Bonchev–Trinajstić information content (AvgIpc) is 3.49. The summed E-state index contributed by atoms with van der Waals surface area (Å²) < 4.78 is 9.86. The number of thiophene rings is 1. The van der Waals surface area contributed by atoms with Gasteiger partial charge in [0.25, 0.3) is 5.56 Å². The lowest BCUT2D eigenvalue weighted by molar-refractivity contribution is -0.0379. The fraction of sp³-hybridized carbons (Fsp3) is 0.207. The van der Waals surface area contributed by atoms with E-state index in [0.717, 1.165) is 37.3 Å². The highest BCUT2D eigenvalue weighted by Gasteiger charge is 2.32. The van der Waals surface area contributed by atoms with Crippen molar-refractivity contribution in [3.63, 3.8) is 0 Å². The third-order valence-electron chi connectivity index (χ3n) is 6.90. The van der Waals surface area contributed by atoms with Gasteiger partial charge in [-0.05, 0) is 47.9 Å².